The van der Waals surface area contributed by atoms with E-state index < -0.39 is 0 Å². The van der Waals surface area contributed by atoms with Crippen molar-refractivity contribution in [2.24, 2.45) is 5.92 Å². The normalized spacial score (nSPS) is 26.4. The van der Waals surface area contributed by atoms with Crippen LogP contribution in [0.1, 0.15) is 63.4 Å². The lowest BCUT2D eigenvalue weighted by Gasteiger charge is -2.34. The van der Waals surface area contributed by atoms with Crippen LogP contribution in [0.25, 0.3) is 0 Å². The summed E-state index contributed by atoms with van der Waals surface area (Å²) in [6, 6.07) is 5.77. The zero-order valence-corrected chi connectivity index (χ0v) is 13.6. The van der Waals surface area contributed by atoms with E-state index >= 15 is 0 Å². The molecule has 1 N–H and O–H groups in total. The Bertz CT molecular complexity index is 430. The van der Waals surface area contributed by atoms with Gasteiger partial charge in [-0.05, 0) is 63.6 Å². The van der Waals surface area contributed by atoms with Crippen molar-refractivity contribution >= 4 is 0 Å². The van der Waals surface area contributed by atoms with Crippen molar-refractivity contribution in [3.05, 3.63) is 23.7 Å². The van der Waals surface area contributed by atoms with Crippen LogP contribution < -0.4 is 5.32 Å². The van der Waals surface area contributed by atoms with E-state index in [0.29, 0.717) is 0 Å². The van der Waals surface area contributed by atoms with Crippen LogP contribution in [0.4, 0.5) is 0 Å². The van der Waals surface area contributed by atoms with Crippen molar-refractivity contribution in [3.63, 3.8) is 0 Å². The van der Waals surface area contributed by atoms with Crippen molar-refractivity contribution in [2.75, 3.05) is 7.05 Å². The third-order valence-electron chi connectivity index (χ3n) is 5.28. The van der Waals surface area contributed by atoms with E-state index in [2.05, 4.69) is 36.3 Å². The van der Waals surface area contributed by atoms with E-state index in [0.717, 1.165) is 42.6 Å². The first-order valence-electron chi connectivity index (χ1n) is 8.75. The van der Waals surface area contributed by atoms with Crippen molar-refractivity contribution in [2.45, 2.75) is 77.0 Å². The SMILES string of the molecule is CCC1CCC(N(C)Cc2ccc(CNC3CC3)o2)CC1. The molecular weight excluding hydrogens is 260 g/mol. The molecule has 0 spiro atoms. The van der Waals surface area contributed by atoms with Gasteiger partial charge in [-0.3, -0.25) is 4.90 Å². The summed E-state index contributed by atoms with van der Waals surface area (Å²) >= 11 is 0. The zero-order valence-electron chi connectivity index (χ0n) is 13.6. The van der Waals surface area contributed by atoms with E-state index in [1.54, 1.807) is 0 Å². The molecule has 2 fully saturated rings. The third kappa shape index (κ3) is 4.33. The summed E-state index contributed by atoms with van der Waals surface area (Å²) in [6.45, 7) is 4.16. The molecule has 3 heteroatoms. The average molecular weight is 290 g/mol. The van der Waals surface area contributed by atoms with Crippen LogP contribution in [0, 0.1) is 5.92 Å². The van der Waals surface area contributed by atoms with Gasteiger partial charge in [0.05, 0.1) is 13.1 Å². The largest absolute Gasteiger partial charge is 0.463 e. The fraction of sp³-hybridized carbons (Fsp3) is 0.778. The van der Waals surface area contributed by atoms with E-state index in [-0.39, 0.29) is 0 Å². The second-order valence-corrected chi connectivity index (χ2v) is 7.02. The maximum Gasteiger partial charge on any atom is 0.118 e. The standard InChI is InChI=1S/C18H30N2O/c1-3-14-4-8-16(9-5-14)20(2)13-18-11-10-17(21-18)12-19-15-6-7-15/h10-11,14-16,19H,3-9,12-13H2,1-2H3. The molecule has 1 aromatic heterocycles. The van der Waals surface area contributed by atoms with Crippen molar-refractivity contribution in [1.29, 1.82) is 0 Å². The molecule has 1 heterocycles. The van der Waals surface area contributed by atoms with Gasteiger partial charge in [-0.2, -0.15) is 0 Å². The Balaban J connectivity index is 1.44. The van der Waals surface area contributed by atoms with Gasteiger partial charge in [0.15, 0.2) is 0 Å². The molecule has 0 saturated heterocycles. The highest BCUT2D eigenvalue weighted by molar-refractivity contribution is 5.07. The second-order valence-electron chi connectivity index (χ2n) is 7.02. The number of nitrogens with one attached hydrogen (secondary N) is 1. The molecule has 0 bridgehead atoms. The molecule has 0 unspecified atom stereocenters. The lowest BCUT2D eigenvalue weighted by Crippen LogP contribution is -2.34. The minimum absolute atomic E-state index is 0.742. The molecule has 2 saturated carbocycles. The third-order valence-corrected chi connectivity index (χ3v) is 5.28. The molecule has 2 aliphatic rings. The van der Waals surface area contributed by atoms with Gasteiger partial charge in [0, 0.05) is 12.1 Å². The highest BCUT2D eigenvalue weighted by atomic mass is 16.3. The van der Waals surface area contributed by atoms with Crippen molar-refractivity contribution < 1.29 is 4.42 Å². The van der Waals surface area contributed by atoms with Crippen LogP contribution in [0.5, 0.6) is 0 Å². The minimum atomic E-state index is 0.742. The Morgan fingerprint density at radius 2 is 1.81 bits per heavy atom. The molecular formula is C18H30N2O. The summed E-state index contributed by atoms with van der Waals surface area (Å²) in [5, 5.41) is 3.51. The molecule has 0 aromatic carbocycles. The molecule has 0 atom stereocenters. The van der Waals surface area contributed by atoms with Gasteiger partial charge in [0.1, 0.15) is 11.5 Å². The second kappa shape index (κ2) is 6.97. The first kappa shape index (κ1) is 15.1. The Hall–Kier alpha value is -0.800. The monoisotopic (exact) mass is 290 g/mol. The van der Waals surface area contributed by atoms with Gasteiger partial charge in [-0.25, -0.2) is 0 Å². The summed E-state index contributed by atoms with van der Waals surface area (Å²) in [5.41, 5.74) is 0. The van der Waals surface area contributed by atoms with E-state index in [9.17, 15) is 0 Å². The van der Waals surface area contributed by atoms with Gasteiger partial charge >= 0.3 is 0 Å². The molecule has 21 heavy (non-hydrogen) atoms. The summed E-state index contributed by atoms with van der Waals surface area (Å²) in [5.74, 6) is 3.17. The minimum Gasteiger partial charge on any atom is -0.463 e. The van der Waals surface area contributed by atoms with E-state index in [1.807, 2.05) is 0 Å². The fourth-order valence-corrected chi connectivity index (χ4v) is 3.50. The predicted molar refractivity (Wildman–Crippen MR) is 86.1 cm³/mol. The average Bonchev–Trinajstić information content (AvgIpc) is 3.25. The summed E-state index contributed by atoms with van der Waals surface area (Å²) in [6.07, 6.45) is 9.53. The van der Waals surface area contributed by atoms with Crippen molar-refractivity contribution in [3.8, 4) is 0 Å². The van der Waals surface area contributed by atoms with Crippen LogP contribution in [-0.4, -0.2) is 24.0 Å². The van der Waals surface area contributed by atoms with Crippen LogP contribution in [-0.2, 0) is 13.1 Å². The van der Waals surface area contributed by atoms with Gasteiger partial charge in [-0.15, -0.1) is 0 Å². The maximum atomic E-state index is 5.96. The maximum absolute atomic E-state index is 5.96. The molecule has 0 amide bonds. The van der Waals surface area contributed by atoms with Crippen LogP contribution in [0.15, 0.2) is 16.5 Å². The molecule has 3 nitrogen and oxygen atoms in total. The van der Waals surface area contributed by atoms with Gasteiger partial charge in [-0.1, -0.05) is 13.3 Å². The number of nitrogens with zero attached hydrogens (tertiary/aromatic N) is 1. The topological polar surface area (TPSA) is 28.4 Å². The fourth-order valence-electron chi connectivity index (χ4n) is 3.50. The Kier molecular flexibility index (Phi) is 5.02. The van der Waals surface area contributed by atoms with Gasteiger partial charge in [0.25, 0.3) is 0 Å². The Morgan fingerprint density at radius 3 is 2.48 bits per heavy atom. The van der Waals surface area contributed by atoms with Crippen LogP contribution in [0.2, 0.25) is 0 Å². The quantitative estimate of drug-likeness (QED) is 0.824. The summed E-state index contributed by atoms with van der Waals surface area (Å²) in [7, 11) is 2.25. The summed E-state index contributed by atoms with van der Waals surface area (Å²) < 4.78 is 5.96. The summed E-state index contributed by atoms with van der Waals surface area (Å²) in [4.78, 5) is 2.49. The molecule has 2 aliphatic carbocycles. The smallest absolute Gasteiger partial charge is 0.118 e. The lowest BCUT2D eigenvalue weighted by molar-refractivity contribution is 0.148. The Labute approximate surface area is 129 Å². The Morgan fingerprint density at radius 1 is 1.10 bits per heavy atom. The van der Waals surface area contributed by atoms with Crippen molar-refractivity contribution in [1.82, 2.24) is 10.2 Å². The number of rotatable bonds is 7. The molecule has 0 radical (unpaired) electrons. The predicted octanol–water partition coefficient (Wildman–Crippen LogP) is 3.93. The number of hydrogen-bond acceptors (Lipinski definition) is 3. The van der Waals surface area contributed by atoms with E-state index in [1.165, 1.54) is 44.9 Å². The highest BCUT2D eigenvalue weighted by Gasteiger charge is 2.24. The zero-order chi connectivity index (χ0) is 14.7. The molecule has 3 rings (SSSR count). The number of furan rings is 1. The highest BCUT2D eigenvalue weighted by Crippen LogP contribution is 2.29. The van der Waals surface area contributed by atoms with Gasteiger partial charge < -0.3 is 9.73 Å². The van der Waals surface area contributed by atoms with Crippen LogP contribution >= 0.6 is 0 Å². The first-order valence-corrected chi connectivity index (χ1v) is 8.75. The number of hydrogen-bond donors (Lipinski definition) is 1. The lowest BCUT2D eigenvalue weighted by atomic mass is 9.84. The van der Waals surface area contributed by atoms with Crippen LogP contribution in [0.3, 0.4) is 0 Å². The molecule has 118 valence electrons. The van der Waals surface area contributed by atoms with E-state index in [4.69, 9.17) is 4.42 Å². The molecule has 0 aliphatic heterocycles. The van der Waals surface area contributed by atoms with Gasteiger partial charge in [0.2, 0.25) is 0 Å². The first-order chi connectivity index (χ1) is 10.2. The molecule has 1 aromatic rings.